The average Bonchev–Trinajstić information content (AvgIpc) is 3.00. The molecule has 1 aliphatic rings. The largest absolute Gasteiger partial charge is 0.497 e. The Hall–Kier alpha value is -3.07. The summed E-state index contributed by atoms with van der Waals surface area (Å²) in [6.07, 6.45) is 0.954. The summed E-state index contributed by atoms with van der Waals surface area (Å²) in [5.41, 5.74) is 6.48. The van der Waals surface area contributed by atoms with Crippen LogP contribution in [0.4, 0.5) is 5.69 Å². The zero-order chi connectivity index (χ0) is 16.5. The second-order valence-corrected chi connectivity index (χ2v) is 5.89. The van der Waals surface area contributed by atoms with Gasteiger partial charge in [-0.1, -0.05) is 36.4 Å². The van der Waals surface area contributed by atoms with Crippen molar-refractivity contribution >= 4 is 11.6 Å². The molecule has 3 aromatic carbocycles. The fraction of sp³-hybridized carbons (Fsp3) is 0.0952. The van der Waals surface area contributed by atoms with Crippen molar-refractivity contribution < 1.29 is 9.53 Å². The average molecular weight is 315 g/mol. The quantitative estimate of drug-likeness (QED) is 0.603. The summed E-state index contributed by atoms with van der Waals surface area (Å²) >= 11 is 0. The predicted molar refractivity (Wildman–Crippen MR) is 95.6 cm³/mol. The SMILES string of the molecule is COc1cccc(C(=O)Nc2ccc3c(c2)-c2ccccc2C3)c1. The van der Waals surface area contributed by atoms with Crippen LogP contribution in [0.5, 0.6) is 5.75 Å². The molecule has 0 spiro atoms. The normalized spacial score (nSPS) is 11.5. The second kappa shape index (κ2) is 5.85. The fourth-order valence-corrected chi connectivity index (χ4v) is 3.17. The summed E-state index contributed by atoms with van der Waals surface area (Å²) in [4.78, 5) is 12.5. The van der Waals surface area contributed by atoms with E-state index in [2.05, 4.69) is 41.7 Å². The van der Waals surface area contributed by atoms with E-state index < -0.39 is 0 Å². The minimum absolute atomic E-state index is 0.139. The van der Waals surface area contributed by atoms with Crippen LogP contribution >= 0.6 is 0 Å². The maximum Gasteiger partial charge on any atom is 0.255 e. The van der Waals surface area contributed by atoms with E-state index in [0.717, 1.165) is 12.1 Å². The summed E-state index contributed by atoms with van der Waals surface area (Å²) in [6, 6.07) is 21.7. The third-order valence-corrected chi connectivity index (χ3v) is 4.39. The molecular weight excluding hydrogens is 298 g/mol. The number of benzene rings is 3. The van der Waals surface area contributed by atoms with E-state index in [1.807, 2.05) is 18.2 Å². The van der Waals surface area contributed by atoms with Gasteiger partial charge in [0.15, 0.2) is 0 Å². The van der Waals surface area contributed by atoms with Crippen LogP contribution < -0.4 is 10.1 Å². The van der Waals surface area contributed by atoms with Crippen molar-refractivity contribution in [3.05, 3.63) is 83.4 Å². The highest BCUT2D eigenvalue weighted by Crippen LogP contribution is 2.37. The smallest absolute Gasteiger partial charge is 0.255 e. The number of ether oxygens (including phenoxy) is 1. The lowest BCUT2D eigenvalue weighted by Gasteiger charge is -2.09. The van der Waals surface area contributed by atoms with Gasteiger partial charge >= 0.3 is 0 Å². The molecule has 0 radical (unpaired) electrons. The number of amides is 1. The first-order valence-electron chi connectivity index (χ1n) is 7.91. The zero-order valence-corrected chi connectivity index (χ0v) is 13.4. The Bertz CT molecular complexity index is 931. The Morgan fingerprint density at radius 1 is 0.917 bits per heavy atom. The number of hydrogen-bond acceptors (Lipinski definition) is 2. The zero-order valence-electron chi connectivity index (χ0n) is 13.4. The van der Waals surface area contributed by atoms with Gasteiger partial charge in [0.2, 0.25) is 0 Å². The molecule has 0 unspecified atom stereocenters. The molecule has 118 valence electrons. The topological polar surface area (TPSA) is 38.3 Å². The Morgan fingerprint density at radius 2 is 1.75 bits per heavy atom. The van der Waals surface area contributed by atoms with Gasteiger partial charge in [0.05, 0.1) is 7.11 Å². The lowest BCUT2D eigenvalue weighted by Crippen LogP contribution is -2.12. The predicted octanol–water partition coefficient (Wildman–Crippen LogP) is 4.52. The number of hydrogen-bond donors (Lipinski definition) is 1. The van der Waals surface area contributed by atoms with E-state index in [9.17, 15) is 4.79 Å². The molecule has 0 bridgehead atoms. The number of carbonyl (C=O) groups excluding carboxylic acids is 1. The van der Waals surface area contributed by atoms with Gasteiger partial charge in [-0.2, -0.15) is 0 Å². The molecule has 0 saturated heterocycles. The highest BCUT2D eigenvalue weighted by Gasteiger charge is 2.18. The number of rotatable bonds is 3. The third-order valence-electron chi connectivity index (χ3n) is 4.39. The number of anilines is 1. The lowest BCUT2D eigenvalue weighted by molar-refractivity contribution is 0.102. The van der Waals surface area contributed by atoms with E-state index in [1.165, 1.54) is 22.3 Å². The van der Waals surface area contributed by atoms with Gasteiger partial charge in [-0.15, -0.1) is 0 Å². The van der Waals surface area contributed by atoms with Crippen LogP contribution in [-0.2, 0) is 6.42 Å². The van der Waals surface area contributed by atoms with Crippen molar-refractivity contribution in [2.45, 2.75) is 6.42 Å². The van der Waals surface area contributed by atoms with Crippen molar-refractivity contribution in [3.63, 3.8) is 0 Å². The van der Waals surface area contributed by atoms with Gasteiger partial charge in [0, 0.05) is 11.3 Å². The van der Waals surface area contributed by atoms with Crippen molar-refractivity contribution in [1.82, 2.24) is 0 Å². The summed E-state index contributed by atoms with van der Waals surface area (Å²) in [7, 11) is 1.59. The molecule has 0 heterocycles. The number of methoxy groups -OCH3 is 1. The van der Waals surface area contributed by atoms with Crippen LogP contribution in [0.15, 0.2) is 66.7 Å². The molecule has 3 nitrogen and oxygen atoms in total. The van der Waals surface area contributed by atoms with Gasteiger partial charge in [-0.05, 0) is 59.0 Å². The molecule has 0 aromatic heterocycles. The second-order valence-electron chi connectivity index (χ2n) is 5.89. The van der Waals surface area contributed by atoms with E-state index in [-0.39, 0.29) is 5.91 Å². The Balaban J connectivity index is 1.62. The molecule has 4 rings (SSSR count). The monoisotopic (exact) mass is 315 g/mol. The molecule has 0 atom stereocenters. The summed E-state index contributed by atoms with van der Waals surface area (Å²) in [5, 5.41) is 2.98. The van der Waals surface area contributed by atoms with Crippen LogP contribution in [0.2, 0.25) is 0 Å². The van der Waals surface area contributed by atoms with E-state index >= 15 is 0 Å². The first-order chi connectivity index (χ1) is 11.7. The van der Waals surface area contributed by atoms with Crippen LogP contribution in [0, 0.1) is 0 Å². The molecular formula is C21H17NO2. The van der Waals surface area contributed by atoms with Gasteiger partial charge in [-0.3, -0.25) is 4.79 Å². The Morgan fingerprint density at radius 3 is 2.62 bits per heavy atom. The Kier molecular flexibility index (Phi) is 3.54. The first-order valence-corrected chi connectivity index (χ1v) is 7.91. The van der Waals surface area contributed by atoms with Gasteiger partial charge in [0.25, 0.3) is 5.91 Å². The highest BCUT2D eigenvalue weighted by atomic mass is 16.5. The fourth-order valence-electron chi connectivity index (χ4n) is 3.17. The van der Waals surface area contributed by atoms with Crippen molar-refractivity contribution in [1.29, 1.82) is 0 Å². The molecule has 1 amide bonds. The standard InChI is InChI=1S/C21H17NO2/c1-24-18-7-4-6-16(12-18)21(23)22-17-10-9-15-11-14-5-2-3-8-19(14)20(15)13-17/h2-10,12-13H,11H2,1H3,(H,22,23). The summed E-state index contributed by atoms with van der Waals surface area (Å²) in [5.74, 6) is 0.533. The van der Waals surface area contributed by atoms with Crippen molar-refractivity contribution in [2.24, 2.45) is 0 Å². The molecule has 1 aliphatic carbocycles. The van der Waals surface area contributed by atoms with Crippen LogP contribution in [0.25, 0.3) is 11.1 Å². The molecule has 3 aromatic rings. The number of fused-ring (bicyclic) bond motifs is 3. The van der Waals surface area contributed by atoms with Gasteiger partial charge in [0.1, 0.15) is 5.75 Å². The van der Waals surface area contributed by atoms with E-state index in [0.29, 0.717) is 11.3 Å². The molecule has 0 fully saturated rings. The van der Waals surface area contributed by atoms with Crippen LogP contribution in [-0.4, -0.2) is 13.0 Å². The van der Waals surface area contributed by atoms with E-state index in [4.69, 9.17) is 4.74 Å². The van der Waals surface area contributed by atoms with Gasteiger partial charge in [-0.25, -0.2) is 0 Å². The lowest BCUT2D eigenvalue weighted by atomic mass is 10.1. The minimum Gasteiger partial charge on any atom is -0.497 e. The molecule has 3 heteroatoms. The van der Waals surface area contributed by atoms with Crippen molar-refractivity contribution in [2.75, 3.05) is 12.4 Å². The third kappa shape index (κ3) is 2.54. The highest BCUT2D eigenvalue weighted by molar-refractivity contribution is 6.05. The maximum absolute atomic E-state index is 12.5. The van der Waals surface area contributed by atoms with Crippen LogP contribution in [0.3, 0.4) is 0 Å². The number of carbonyl (C=O) groups is 1. The van der Waals surface area contributed by atoms with Gasteiger partial charge < -0.3 is 10.1 Å². The first kappa shape index (κ1) is 14.5. The van der Waals surface area contributed by atoms with E-state index in [1.54, 1.807) is 19.2 Å². The Labute approximate surface area is 140 Å². The molecule has 1 N–H and O–H groups in total. The molecule has 0 aliphatic heterocycles. The maximum atomic E-state index is 12.5. The summed E-state index contributed by atoms with van der Waals surface area (Å²) in [6.45, 7) is 0. The number of nitrogens with one attached hydrogen (secondary N) is 1. The molecule has 0 saturated carbocycles. The molecule has 24 heavy (non-hydrogen) atoms. The van der Waals surface area contributed by atoms with Crippen molar-refractivity contribution in [3.8, 4) is 16.9 Å². The van der Waals surface area contributed by atoms with Crippen LogP contribution in [0.1, 0.15) is 21.5 Å². The minimum atomic E-state index is -0.139. The summed E-state index contributed by atoms with van der Waals surface area (Å²) < 4.78 is 5.17.